The van der Waals surface area contributed by atoms with Gasteiger partial charge < -0.3 is 15.0 Å². The fourth-order valence-electron chi connectivity index (χ4n) is 3.72. The zero-order valence-electron chi connectivity index (χ0n) is 13.2. The van der Waals surface area contributed by atoms with E-state index in [1.807, 2.05) is 0 Å². The van der Waals surface area contributed by atoms with Gasteiger partial charge in [-0.15, -0.1) is 0 Å². The standard InChI is InChI=1S/C17H30N2O2/c20-17(13-21-16-8-10-18-11-9-16)19(15-6-7-15)12-14-4-2-1-3-5-14/h14-16,18H,1-13H2. The average Bonchev–Trinajstić information content (AvgIpc) is 3.37. The highest BCUT2D eigenvalue weighted by atomic mass is 16.5. The Hall–Kier alpha value is -0.610. The Bertz CT molecular complexity index is 332. The molecule has 4 nitrogen and oxygen atoms in total. The van der Waals surface area contributed by atoms with Crippen molar-refractivity contribution < 1.29 is 9.53 Å². The van der Waals surface area contributed by atoms with Gasteiger partial charge in [0.2, 0.25) is 5.91 Å². The third-order valence-corrected chi connectivity index (χ3v) is 5.22. The summed E-state index contributed by atoms with van der Waals surface area (Å²) < 4.78 is 5.86. The molecule has 21 heavy (non-hydrogen) atoms. The number of piperidine rings is 1. The summed E-state index contributed by atoms with van der Waals surface area (Å²) in [5, 5.41) is 3.33. The van der Waals surface area contributed by atoms with Gasteiger partial charge in [-0.3, -0.25) is 4.79 Å². The van der Waals surface area contributed by atoms with Crippen LogP contribution in [0.25, 0.3) is 0 Å². The molecular weight excluding hydrogens is 264 g/mol. The van der Waals surface area contributed by atoms with Crippen molar-refractivity contribution in [2.24, 2.45) is 5.92 Å². The number of nitrogens with zero attached hydrogens (tertiary/aromatic N) is 1. The first kappa shape index (κ1) is 15.3. The largest absolute Gasteiger partial charge is 0.368 e. The summed E-state index contributed by atoms with van der Waals surface area (Å²) in [6.07, 6.45) is 11.5. The van der Waals surface area contributed by atoms with Gasteiger partial charge in [0.05, 0.1) is 6.10 Å². The van der Waals surface area contributed by atoms with Gasteiger partial charge in [-0.25, -0.2) is 0 Å². The van der Waals surface area contributed by atoms with Crippen molar-refractivity contribution in [3.05, 3.63) is 0 Å². The maximum atomic E-state index is 12.5. The maximum Gasteiger partial charge on any atom is 0.248 e. The van der Waals surface area contributed by atoms with Crippen LogP contribution in [0, 0.1) is 5.92 Å². The van der Waals surface area contributed by atoms with E-state index in [1.165, 1.54) is 44.9 Å². The van der Waals surface area contributed by atoms with Gasteiger partial charge in [0.25, 0.3) is 0 Å². The van der Waals surface area contributed by atoms with Crippen molar-refractivity contribution in [3.8, 4) is 0 Å². The molecule has 1 heterocycles. The van der Waals surface area contributed by atoms with Crippen LogP contribution in [0.2, 0.25) is 0 Å². The smallest absolute Gasteiger partial charge is 0.248 e. The van der Waals surface area contributed by atoms with Crippen molar-refractivity contribution in [1.82, 2.24) is 10.2 Å². The molecule has 0 unspecified atom stereocenters. The lowest BCUT2D eigenvalue weighted by molar-refractivity contribution is -0.140. The van der Waals surface area contributed by atoms with Crippen LogP contribution in [0.1, 0.15) is 57.8 Å². The summed E-state index contributed by atoms with van der Waals surface area (Å²) in [7, 11) is 0. The second-order valence-electron chi connectivity index (χ2n) is 7.04. The zero-order valence-corrected chi connectivity index (χ0v) is 13.2. The Balaban J connectivity index is 1.44. The van der Waals surface area contributed by atoms with Crippen LogP contribution in [0.4, 0.5) is 0 Å². The van der Waals surface area contributed by atoms with Gasteiger partial charge >= 0.3 is 0 Å². The highest BCUT2D eigenvalue weighted by Crippen LogP contribution is 2.31. The normalized spacial score (nSPS) is 25.0. The molecule has 3 aliphatic rings. The first-order valence-electron chi connectivity index (χ1n) is 8.94. The molecular formula is C17H30N2O2. The summed E-state index contributed by atoms with van der Waals surface area (Å²) in [6, 6.07) is 0.524. The summed E-state index contributed by atoms with van der Waals surface area (Å²) in [5.74, 6) is 0.976. The van der Waals surface area contributed by atoms with Gasteiger partial charge in [0.15, 0.2) is 0 Å². The van der Waals surface area contributed by atoms with Crippen LogP contribution in [0.15, 0.2) is 0 Å². The SMILES string of the molecule is O=C(COC1CCNCC1)N(CC1CCCCC1)C1CC1. The van der Waals surface area contributed by atoms with E-state index in [0.717, 1.165) is 38.4 Å². The molecule has 3 rings (SSSR count). The van der Waals surface area contributed by atoms with Crippen LogP contribution in [-0.2, 0) is 9.53 Å². The minimum Gasteiger partial charge on any atom is -0.368 e. The number of hydrogen-bond acceptors (Lipinski definition) is 3. The Kier molecular flexibility index (Phi) is 5.53. The molecule has 0 aromatic carbocycles. The van der Waals surface area contributed by atoms with Crippen molar-refractivity contribution in [2.75, 3.05) is 26.2 Å². The van der Waals surface area contributed by atoms with Gasteiger partial charge in [-0.05, 0) is 57.5 Å². The molecule has 0 spiro atoms. The van der Waals surface area contributed by atoms with Crippen LogP contribution in [0.5, 0.6) is 0 Å². The predicted octanol–water partition coefficient (Wildman–Crippen LogP) is 2.33. The number of rotatable bonds is 6. The predicted molar refractivity (Wildman–Crippen MR) is 83.2 cm³/mol. The fourth-order valence-corrected chi connectivity index (χ4v) is 3.72. The van der Waals surface area contributed by atoms with Crippen molar-refractivity contribution in [1.29, 1.82) is 0 Å². The Morgan fingerprint density at radius 2 is 1.71 bits per heavy atom. The minimum atomic E-state index is 0.238. The third kappa shape index (κ3) is 4.68. The number of amides is 1. The second kappa shape index (κ2) is 7.59. The second-order valence-corrected chi connectivity index (χ2v) is 7.04. The van der Waals surface area contributed by atoms with Crippen LogP contribution in [0.3, 0.4) is 0 Å². The van der Waals surface area contributed by atoms with Gasteiger partial charge in [-0.2, -0.15) is 0 Å². The summed E-state index contributed by atoms with van der Waals surface area (Å²) in [5.41, 5.74) is 0. The molecule has 0 aromatic heterocycles. The van der Waals surface area contributed by atoms with Gasteiger partial charge in [0, 0.05) is 12.6 Å². The summed E-state index contributed by atoms with van der Waals surface area (Å²) >= 11 is 0. The van der Waals surface area contributed by atoms with Crippen LogP contribution >= 0.6 is 0 Å². The van der Waals surface area contributed by atoms with Crippen LogP contribution in [-0.4, -0.2) is 49.2 Å². The number of hydrogen-bond donors (Lipinski definition) is 1. The first-order valence-corrected chi connectivity index (χ1v) is 8.94. The van der Waals surface area contributed by atoms with E-state index >= 15 is 0 Å². The van der Waals surface area contributed by atoms with E-state index in [4.69, 9.17) is 4.74 Å². The van der Waals surface area contributed by atoms with Crippen molar-refractivity contribution in [3.63, 3.8) is 0 Å². The molecule has 4 heteroatoms. The Morgan fingerprint density at radius 3 is 2.38 bits per heavy atom. The molecule has 0 radical (unpaired) electrons. The fraction of sp³-hybridized carbons (Fsp3) is 0.941. The quantitative estimate of drug-likeness (QED) is 0.817. The van der Waals surface area contributed by atoms with E-state index in [2.05, 4.69) is 10.2 Å². The zero-order chi connectivity index (χ0) is 14.5. The first-order chi connectivity index (χ1) is 10.3. The third-order valence-electron chi connectivity index (χ3n) is 5.22. The molecule has 1 N–H and O–H groups in total. The molecule has 2 aliphatic carbocycles. The lowest BCUT2D eigenvalue weighted by Gasteiger charge is -2.31. The van der Waals surface area contributed by atoms with E-state index in [9.17, 15) is 4.79 Å². The lowest BCUT2D eigenvalue weighted by atomic mass is 9.89. The van der Waals surface area contributed by atoms with Gasteiger partial charge in [0.1, 0.15) is 6.61 Å². The number of nitrogens with one attached hydrogen (secondary N) is 1. The van der Waals surface area contributed by atoms with E-state index in [0.29, 0.717) is 12.6 Å². The van der Waals surface area contributed by atoms with Crippen molar-refractivity contribution in [2.45, 2.75) is 69.9 Å². The number of ether oxygens (including phenoxy) is 1. The molecule has 1 saturated heterocycles. The highest BCUT2D eigenvalue weighted by molar-refractivity contribution is 5.78. The van der Waals surface area contributed by atoms with E-state index < -0.39 is 0 Å². The molecule has 1 amide bonds. The summed E-state index contributed by atoms with van der Waals surface area (Å²) in [6.45, 7) is 3.33. The molecule has 0 aromatic rings. The molecule has 3 fully saturated rings. The maximum absolute atomic E-state index is 12.5. The van der Waals surface area contributed by atoms with Crippen molar-refractivity contribution >= 4 is 5.91 Å². The number of carbonyl (C=O) groups is 1. The average molecular weight is 294 g/mol. The topological polar surface area (TPSA) is 41.6 Å². The molecule has 2 saturated carbocycles. The van der Waals surface area contributed by atoms with E-state index in [1.54, 1.807) is 0 Å². The minimum absolute atomic E-state index is 0.238. The highest BCUT2D eigenvalue weighted by Gasteiger charge is 2.34. The van der Waals surface area contributed by atoms with E-state index in [-0.39, 0.29) is 12.0 Å². The Morgan fingerprint density at radius 1 is 1.00 bits per heavy atom. The summed E-state index contributed by atoms with van der Waals surface area (Å²) in [4.78, 5) is 14.7. The van der Waals surface area contributed by atoms with Gasteiger partial charge in [-0.1, -0.05) is 19.3 Å². The van der Waals surface area contributed by atoms with Crippen LogP contribution < -0.4 is 5.32 Å². The lowest BCUT2D eigenvalue weighted by Crippen LogP contribution is -2.41. The molecule has 120 valence electrons. The molecule has 0 bridgehead atoms. The number of carbonyl (C=O) groups excluding carboxylic acids is 1. The monoisotopic (exact) mass is 294 g/mol. The molecule has 0 atom stereocenters. The Labute approximate surface area is 128 Å². The molecule has 1 aliphatic heterocycles.